The average molecular weight is 447 g/mol. The number of carbonyl (C=O) groups is 3. The van der Waals surface area contributed by atoms with E-state index in [0.29, 0.717) is 5.75 Å². The standard InChI is InChI=1S/C21H23BrN2O4/c1-13(28-17-7-5-6-16(22)12-17)19(26)23-24-20(27)18(25)14-8-10-15(11-9-14)21(2,3)4/h5-13H,1-4H3,(H,23,26)(H,24,27). The van der Waals surface area contributed by atoms with Gasteiger partial charge in [-0.2, -0.15) is 0 Å². The van der Waals surface area contributed by atoms with Crippen LogP contribution in [0.2, 0.25) is 0 Å². The molecule has 1 atom stereocenters. The molecule has 2 N–H and O–H groups in total. The molecule has 0 aliphatic carbocycles. The van der Waals surface area contributed by atoms with E-state index in [1.54, 1.807) is 30.3 Å². The zero-order chi connectivity index (χ0) is 20.9. The summed E-state index contributed by atoms with van der Waals surface area (Å²) >= 11 is 3.32. The number of rotatable bonds is 5. The van der Waals surface area contributed by atoms with Crippen molar-refractivity contribution >= 4 is 33.5 Å². The number of Topliss-reactive ketones (excluding diaryl/α,β-unsaturated/α-hetero) is 1. The first-order valence-corrected chi connectivity index (χ1v) is 9.54. The highest BCUT2D eigenvalue weighted by atomic mass is 79.9. The van der Waals surface area contributed by atoms with E-state index in [2.05, 4.69) is 47.6 Å². The molecule has 2 rings (SSSR count). The molecule has 2 amide bonds. The minimum absolute atomic E-state index is 0.0533. The van der Waals surface area contributed by atoms with Crippen LogP contribution in [-0.4, -0.2) is 23.7 Å². The molecule has 2 aromatic carbocycles. The predicted molar refractivity (Wildman–Crippen MR) is 110 cm³/mol. The molecule has 0 aliphatic heterocycles. The molecule has 2 aromatic rings. The summed E-state index contributed by atoms with van der Waals surface area (Å²) in [6.07, 6.45) is -0.865. The van der Waals surface area contributed by atoms with Crippen molar-refractivity contribution in [1.29, 1.82) is 0 Å². The van der Waals surface area contributed by atoms with Gasteiger partial charge in [0.2, 0.25) is 0 Å². The second-order valence-electron chi connectivity index (χ2n) is 7.32. The maximum absolute atomic E-state index is 12.2. The van der Waals surface area contributed by atoms with Crippen LogP contribution in [0.25, 0.3) is 0 Å². The fourth-order valence-electron chi connectivity index (χ4n) is 2.33. The number of hydrogen-bond acceptors (Lipinski definition) is 4. The van der Waals surface area contributed by atoms with Crippen molar-refractivity contribution in [1.82, 2.24) is 10.9 Å². The quantitative estimate of drug-likeness (QED) is 0.417. The Morgan fingerprint density at radius 2 is 1.64 bits per heavy atom. The van der Waals surface area contributed by atoms with E-state index in [1.165, 1.54) is 6.92 Å². The van der Waals surface area contributed by atoms with Gasteiger partial charge in [-0.25, -0.2) is 0 Å². The summed E-state index contributed by atoms with van der Waals surface area (Å²) in [6.45, 7) is 7.71. The summed E-state index contributed by atoms with van der Waals surface area (Å²) in [5.41, 5.74) is 5.58. The van der Waals surface area contributed by atoms with Gasteiger partial charge in [0.1, 0.15) is 5.75 Å². The number of halogens is 1. The Bertz CT molecular complexity index is 873. The minimum atomic E-state index is -0.925. The first-order chi connectivity index (χ1) is 13.1. The van der Waals surface area contributed by atoms with E-state index in [-0.39, 0.29) is 11.0 Å². The van der Waals surface area contributed by atoms with Crippen molar-refractivity contribution in [2.45, 2.75) is 39.2 Å². The van der Waals surface area contributed by atoms with Gasteiger partial charge in [0.05, 0.1) is 0 Å². The lowest BCUT2D eigenvalue weighted by molar-refractivity contribution is -0.131. The molecule has 0 fully saturated rings. The zero-order valence-electron chi connectivity index (χ0n) is 16.2. The van der Waals surface area contributed by atoms with Crippen molar-refractivity contribution in [3.63, 3.8) is 0 Å². The Morgan fingerprint density at radius 3 is 2.21 bits per heavy atom. The third-order valence-electron chi connectivity index (χ3n) is 4.00. The Hall–Kier alpha value is -2.67. The summed E-state index contributed by atoms with van der Waals surface area (Å²) in [5, 5.41) is 0. The van der Waals surface area contributed by atoms with Crippen molar-refractivity contribution in [3.05, 3.63) is 64.1 Å². The molecule has 148 valence electrons. The van der Waals surface area contributed by atoms with E-state index in [1.807, 2.05) is 18.2 Å². The number of hydrogen-bond donors (Lipinski definition) is 2. The number of benzene rings is 2. The number of amides is 2. The van der Waals surface area contributed by atoms with Crippen LogP contribution in [0.1, 0.15) is 43.6 Å². The first-order valence-electron chi connectivity index (χ1n) is 8.75. The smallest absolute Gasteiger partial charge is 0.310 e. The molecular weight excluding hydrogens is 424 g/mol. The summed E-state index contributed by atoms with van der Waals surface area (Å²) in [7, 11) is 0. The lowest BCUT2D eigenvalue weighted by Crippen LogP contribution is -2.49. The molecule has 6 nitrogen and oxygen atoms in total. The van der Waals surface area contributed by atoms with Crippen LogP contribution >= 0.6 is 15.9 Å². The van der Waals surface area contributed by atoms with Gasteiger partial charge in [0.25, 0.3) is 11.7 Å². The minimum Gasteiger partial charge on any atom is -0.481 e. The Balaban J connectivity index is 1.89. The van der Waals surface area contributed by atoms with E-state index < -0.39 is 23.7 Å². The SMILES string of the molecule is CC(Oc1cccc(Br)c1)C(=O)NNC(=O)C(=O)c1ccc(C(C)(C)C)cc1. The Labute approximate surface area is 172 Å². The van der Waals surface area contributed by atoms with Crippen LogP contribution in [0.4, 0.5) is 0 Å². The van der Waals surface area contributed by atoms with Crippen LogP contribution in [0.3, 0.4) is 0 Å². The van der Waals surface area contributed by atoms with Crippen LogP contribution in [0.5, 0.6) is 5.75 Å². The second-order valence-corrected chi connectivity index (χ2v) is 8.23. The maximum atomic E-state index is 12.2. The number of ketones is 1. The van der Waals surface area contributed by atoms with Crippen molar-refractivity contribution in [2.24, 2.45) is 0 Å². The third kappa shape index (κ3) is 5.92. The van der Waals surface area contributed by atoms with Crippen molar-refractivity contribution in [2.75, 3.05) is 0 Å². The van der Waals surface area contributed by atoms with Gasteiger partial charge >= 0.3 is 5.91 Å². The van der Waals surface area contributed by atoms with Gasteiger partial charge in [-0.05, 0) is 36.1 Å². The first kappa shape index (κ1) is 21.6. The van der Waals surface area contributed by atoms with Crippen molar-refractivity contribution < 1.29 is 19.1 Å². The lowest BCUT2D eigenvalue weighted by Gasteiger charge is -2.19. The molecule has 28 heavy (non-hydrogen) atoms. The Morgan fingerprint density at radius 1 is 1.00 bits per heavy atom. The summed E-state index contributed by atoms with van der Waals surface area (Å²) < 4.78 is 6.31. The van der Waals surface area contributed by atoms with E-state index in [9.17, 15) is 14.4 Å². The monoisotopic (exact) mass is 446 g/mol. The molecule has 1 unspecified atom stereocenters. The molecule has 0 saturated heterocycles. The summed E-state index contributed by atoms with van der Waals surface area (Å²) in [6, 6.07) is 13.9. The number of hydrazine groups is 1. The zero-order valence-corrected chi connectivity index (χ0v) is 17.8. The van der Waals surface area contributed by atoms with Crippen molar-refractivity contribution in [3.8, 4) is 5.75 Å². The van der Waals surface area contributed by atoms with Gasteiger partial charge in [0.15, 0.2) is 6.10 Å². The fourth-order valence-corrected chi connectivity index (χ4v) is 2.71. The van der Waals surface area contributed by atoms with E-state index >= 15 is 0 Å². The molecule has 0 spiro atoms. The van der Waals surface area contributed by atoms with Gasteiger partial charge in [-0.15, -0.1) is 0 Å². The number of nitrogens with one attached hydrogen (secondary N) is 2. The number of carbonyl (C=O) groups excluding carboxylic acids is 3. The second kappa shape index (κ2) is 9.01. The average Bonchev–Trinajstić information content (AvgIpc) is 2.64. The molecule has 0 saturated carbocycles. The highest BCUT2D eigenvalue weighted by molar-refractivity contribution is 9.10. The molecule has 0 aromatic heterocycles. The maximum Gasteiger partial charge on any atom is 0.310 e. The number of ether oxygens (including phenoxy) is 1. The van der Waals surface area contributed by atoms with Gasteiger partial charge in [0, 0.05) is 10.0 Å². The van der Waals surface area contributed by atoms with Gasteiger partial charge in [-0.3, -0.25) is 25.2 Å². The van der Waals surface area contributed by atoms with Crippen LogP contribution < -0.4 is 15.6 Å². The van der Waals surface area contributed by atoms with Crippen LogP contribution in [-0.2, 0) is 15.0 Å². The lowest BCUT2D eigenvalue weighted by atomic mass is 9.86. The largest absolute Gasteiger partial charge is 0.481 e. The summed E-state index contributed by atoms with van der Waals surface area (Å²) in [5.74, 6) is -1.74. The fraction of sp³-hybridized carbons (Fsp3) is 0.286. The van der Waals surface area contributed by atoms with Gasteiger partial charge in [-0.1, -0.05) is 67.0 Å². The Kier molecular flexibility index (Phi) is 6.96. The molecule has 0 bridgehead atoms. The molecular formula is C21H23BrN2O4. The van der Waals surface area contributed by atoms with Crippen LogP contribution in [0, 0.1) is 0 Å². The predicted octanol–water partition coefficient (Wildman–Crippen LogP) is 3.54. The van der Waals surface area contributed by atoms with Gasteiger partial charge < -0.3 is 4.74 Å². The highest BCUT2D eigenvalue weighted by Gasteiger charge is 2.21. The topological polar surface area (TPSA) is 84.5 Å². The normalized spacial score (nSPS) is 12.0. The third-order valence-corrected chi connectivity index (χ3v) is 4.49. The molecule has 7 heteroatoms. The molecule has 0 radical (unpaired) electrons. The highest BCUT2D eigenvalue weighted by Crippen LogP contribution is 2.22. The van der Waals surface area contributed by atoms with E-state index in [0.717, 1.165) is 10.0 Å². The van der Waals surface area contributed by atoms with Crippen LogP contribution in [0.15, 0.2) is 53.0 Å². The molecule has 0 aliphatic rings. The molecule has 0 heterocycles. The van der Waals surface area contributed by atoms with E-state index in [4.69, 9.17) is 4.74 Å². The summed E-state index contributed by atoms with van der Waals surface area (Å²) in [4.78, 5) is 36.3.